The smallest absolute Gasteiger partial charge is 0.321 e. The third kappa shape index (κ3) is 3.93. The van der Waals surface area contributed by atoms with Gasteiger partial charge in [0.25, 0.3) is 0 Å². The molecule has 0 aliphatic carbocycles. The van der Waals surface area contributed by atoms with Crippen LogP contribution in [0.1, 0.15) is 11.3 Å². The van der Waals surface area contributed by atoms with Gasteiger partial charge in [-0.3, -0.25) is 4.98 Å². The number of urea groups is 1. The molecule has 1 N–H and O–H groups in total. The van der Waals surface area contributed by atoms with Gasteiger partial charge in [0.2, 0.25) is 0 Å². The van der Waals surface area contributed by atoms with Crippen LogP contribution in [0.2, 0.25) is 0 Å². The van der Waals surface area contributed by atoms with Crippen molar-refractivity contribution in [2.45, 2.75) is 13.5 Å². The highest BCUT2D eigenvalue weighted by molar-refractivity contribution is 14.1. The van der Waals surface area contributed by atoms with Gasteiger partial charge < -0.3 is 10.2 Å². The molecule has 1 heterocycles. The van der Waals surface area contributed by atoms with E-state index < -0.39 is 0 Å². The van der Waals surface area contributed by atoms with Crippen molar-refractivity contribution in [1.82, 2.24) is 9.88 Å². The van der Waals surface area contributed by atoms with Crippen molar-refractivity contribution >= 4 is 34.3 Å². The van der Waals surface area contributed by atoms with E-state index in [0.29, 0.717) is 6.54 Å². The summed E-state index contributed by atoms with van der Waals surface area (Å²) >= 11 is 2.25. The van der Waals surface area contributed by atoms with Crippen molar-refractivity contribution in [3.63, 3.8) is 0 Å². The number of rotatable bonds is 3. The second-order valence-electron chi connectivity index (χ2n) is 4.57. The summed E-state index contributed by atoms with van der Waals surface area (Å²) in [5, 5.41) is 2.91. The van der Waals surface area contributed by atoms with Crippen molar-refractivity contribution in [3.05, 3.63) is 57.4 Å². The normalized spacial score (nSPS) is 10.2. The standard InChI is InChI=1S/C15H16IN3O/c1-11-9-12(16)6-7-14(11)18-15(20)19(2)10-13-5-3-4-8-17-13/h3-9H,10H2,1-2H3,(H,18,20). The zero-order chi connectivity index (χ0) is 14.5. The Morgan fingerprint density at radius 3 is 2.80 bits per heavy atom. The molecular formula is C15H16IN3O. The highest BCUT2D eigenvalue weighted by Crippen LogP contribution is 2.18. The van der Waals surface area contributed by atoms with Crippen molar-refractivity contribution in [2.75, 3.05) is 12.4 Å². The summed E-state index contributed by atoms with van der Waals surface area (Å²) in [7, 11) is 1.76. The highest BCUT2D eigenvalue weighted by Gasteiger charge is 2.11. The molecule has 0 radical (unpaired) electrons. The van der Waals surface area contributed by atoms with Crippen molar-refractivity contribution in [2.24, 2.45) is 0 Å². The Balaban J connectivity index is 2.01. The molecule has 0 saturated carbocycles. The quantitative estimate of drug-likeness (QED) is 0.825. The van der Waals surface area contributed by atoms with Gasteiger partial charge in [-0.05, 0) is 65.4 Å². The lowest BCUT2D eigenvalue weighted by atomic mass is 10.2. The molecule has 1 aromatic heterocycles. The number of nitrogens with one attached hydrogen (secondary N) is 1. The molecule has 2 amide bonds. The average Bonchev–Trinajstić information content (AvgIpc) is 2.43. The number of aromatic nitrogens is 1. The number of hydrogen-bond acceptors (Lipinski definition) is 2. The SMILES string of the molecule is Cc1cc(I)ccc1NC(=O)N(C)Cc1ccccn1. The summed E-state index contributed by atoms with van der Waals surface area (Å²) < 4.78 is 1.15. The van der Waals surface area contributed by atoms with Crippen LogP contribution in [0.4, 0.5) is 10.5 Å². The van der Waals surface area contributed by atoms with Crippen molar-refractivity contribution < 1.29 is 4.79 Å². The van der Waals surface area contributed by atoms with E-state index in [1.54, 1.807) is 18.1 Å². The first-order valence-electron chi connectivity index (χ1n) is 6.24. The predicted molar refractivity (Wildman–Crippen MR) is 88.6 cm³/mol. The molecule has 4 nitrogen and oxygen atoms in total. The fourth-order valence-electron chi connectivity index (χ4n) is 1.78. The number of pyridine rings is 1. The molecule has 20 heavy (non-hydrogen) atoms. The third-order valence-corrected chi connectivity index (χ3v) is 3.57. The number of amides is 2. The molecule has 0 aliphatic heterocycles. The van der Waals surface area contributed by atoms with E-state index in [1.165, 1.54) is 0 Å². The maximum absolute atomic E-state index is 12.1. The molecule has 5 heteroatoms. The van der Waals surface area contributed by atoms with Crippen LogP contribution in [0.25, 0.3) is 0 Å². The van der Waals surface area contributed by atoms with Gasteiger partial charge in [-0.25, -0.2) is 4.79 Å². The van der Waals surface area contributed by atoms with Crippen molar-refractivity contribution in [3.8, 4) is 0 Å². The fourth-order valence-corrected chi connectivity index (χ4v) is 2.43. The predicted octanol–water partition coefficient (Wildman–Crippen LogP) is 3.66. The van der Waals surface area contributed by atoms with Gasteiger partial charge in [-0.1, -0.05) is 6.07 Å². The monoisotopic (exact) mass is 381 g/mol. The summed E-state index contributed by atoms with van der Waals surface area (Å²) in [5.41, 5.74) is 2.75. The highest BCUT2D eigenvalue weighted by atomic mass is 127. The number of halogens is 1. The largest absolute Gasteiger partial charge is 0.322 e. The van der Waals surface area contributed by atoms with E-state index in [-0.39, 0.29) is 6.03 Å². The van der Waals surface area contributed by atoms with E-state index in [1.807, 2.05) is 43.3 Å². The lowest BCUT2D eigenvalue weighted by molar-refractivity contribution is 0.220. The molecule has 0 unspecified atom stereocenters. The van der Waals surface area contributed by atoms with Gasteiger partial charge in [-0.2, -0.15) is 0 Å². The average molecular weight is 381 g/mol. The molecule has 0 spiro atoms. The van der Waals surface area contributed by atoms with Crippen LogP contribution in [0, 0.1) is 10.5 Å². The third-order valence-electron chi connectivity index (χ3n) is 2.90. The summed E-state index contributed by atoms with van der Waals surface area (Å²) in [6.45, 7) is 2.46. The van der Waals surface area contributed by atoms with E-state index in [9.17, 15) is 4.79 Å². The summed E-state index contributed by atoms with van der Waals surface area (Å²) in [5.74, 6) is 0. The summed E-state index contributed by atoms with van der Waals surface area (Å²) in [6, 6.07) is 11.5. The molecule has 1 aromatic carbocycles. The second kappa shape index (κ2) is 6.69. The van der Waals surface area contributed by atoms with Gasteiger partial charge in [0.05, 0.1) is 12.2 Å². The lowest BCUT2D eigenvalue weighted by Crippen LogP contribution is -2.31. The Kier molecular flexibility index (Phi) is 4.94. The molecular weight excluding hydrogens is 365 g/mol. The number of benzene rings is 1. The van der Waals surface area contributed by atoms with E-state index in [4.69, 9.17) is 0 Å². The zero-order valence-electron chi connectivity index (χ0n) is 11.4. The Labute approximate surface area is 132 Å². The first kappa shape index (κ1) is 14.8. The number of nitrogens with zero attached hydrogens (tertiary/aromatic N) is 2. The van der Waals surface area contributed by atoms with Crippen molar-refractivity contribution in [1.29, 1.82) is 0 Å². The molecule has 0 bridgehead atoms. The molecule has 0 saturated heterocycles. The fraction of sp³-hybridized carbons (Fsp3) is 0.200. The second-order valence-corrected chi connectivity index (χ2v) is 5.81. The Morgan fingerprint density at radius 1 is 1.35 bits per heavy atom. The Hall–Kier alpha value is -1.63. The molecule has 0 fully saturated rings. The van der Waals surface area contributed by atoms with Gasteiger partial charge >= 0.3 is 6.03 Å². The van der Waals surface area contributed by atoms with Crippen LogP contribution in [0.15, 0.2) is 42.6 Å². The minimum absolute atomic E-state index is 0.139. The van der Waals surface area contributed by atoms with Gasteiger partial charge in [0.15, 0.2) is 0 Å². The number of hydrogen-bond donors (Lipinski definition) is 1. The molecule has 104 valence electrons. The van der Waals surface area contributed by atoms with E-state index >= 15 is 0 Å². The van der Waals surface area contributed by atoms with E-state index in [2.05, 4.69) is 32.9 Å². The number of carbonyl (C=O) groups excluding carboxylic acids is 1. The Morgan fingerprint density at radius 2 is 2.15 bits per heavy atom. The number of anilines is 1. The summed E-state index contributed by atoms with van der Waals surface area (Å²) in [6.07, 6.45) is 1.73. The zero-order valence-corrected chi connectivity index (χ0v) is 13.6. The minimum Gasteiger partial charge on any atom is -0.322 e. The van der Waals surface area contributed by atoms with Crippen LogP contribution in [-0.4, -0.2) is 23.0 Å². The van der Waals surface area contributed by atoms with Crippen LogP contribution in [-0.2, 0) is 6.54 Å². The molecule has 2 aromatic rings. The molecule has 2 rings (SSSR count). The maximum Gasteiger partial charge on any atom is 0.321 e. The Bertz CT molecular complexity index is 601. The summed E-state index contributed by atoms with van der Waals surface area (Å²) in [4.78, 5) is 18.0. The minimum atomic E-state index is -0.139. The van der Waals surface area contributed by atoms with Gasteiger partial charge in [-0.15, -0.1) is 0 Å². The van der Waals surface area contributed by atoms with Crippen LogP contribution >= 0.6 is 22.6 Å². The maximum atomic E-state index is 12.1. The first-order chi connectivity index (χ1) is 9.56. The number of carbonyl (C=O) groups is 1. The number of aryl methyl sites for hydroxylation is 1. The first-order valence-corrected chi connectivity index (χ1v) is 7.32. The van der Waals surface area contributed by atoms with Crippen LogP contribution < -0.4 is 5.32 Å². The topological polar surface area (TPSA) is 45.2 Å². The van der Waals surface area contributed by atoms with Crippen LogP contribution in [0.3, 0.4) is 0 Å². The van der Waals surface area contributed by atoms with Gasteiger partial charge in [0.1, 0.15) is 0 Å². The van der Waals surface area contributed by atoms with Crippen LogP contribution in [0.5, 0.6) is 0 Å². The molecule has 0 atom stereocenters. The van der Waals surface area contributed by atoms with E-state index in [0.717, 1.165) is 20.5 Å². The van der Waals surface area contributed by atoms with Gasteiger partial charge in [0, 0.05) is 22.5 Å². The molecule has 0 aliphatic rings. The lowest BCUT2D eigenvalue weighted by Gasteiger charge is -2.18.